The molecule has 0 radical (unpaired) electrons. The minimum atomic E-state index is 0.411. The first-order chi connectivity index (χ1) is 10.2. The molecule has 1 heterocycles. The summed E-state index contributed by atoms with van der Waals surface area (Å²) in [6.07, 6.45) is 1.05. The molecule has 1 aromatic rings. The second kappa shape index (κ2) is 8.32. The van der Waals surface area contributed by atoms with Crippen LogP contribution in [0.2, 0.25) is 0 Å². The Morgan fingerprint density at radius 1 is 1.24 bits per heavy atom. The van der Waals surface area contributed by atoms with Gasteiger partial charge in [0, 0.05) is 38.3 Å². The minimum absolute atomic E-state index is 0.411. The number of hydrogen-bond acceptors (Lipinski definition) is 4. The van der Waals surface area contributed by atoms with E-state index in [-0.39, 0.29) is 0 Å². The molecule has 1 fully saturated rings. The maximum Gasteiger partial charge on any atom is 0.119 e. The summed E-state index contributed by atoms with van der Waals surface area (Å²) in [6, 6.07) is 7.68. The lowest BCUT2D eigenvalue weighted by Gasteiger charge is -2.33. The van der Waals surface area contributed by atoms with Crippen molar-refractivity contribution >= 4 is 17.2 Å². The van der Waals surface area contributed by atoms with Crippen molar-refractivity contribution in [2.45, 2.75) is 13.3 Å². The van der Waals surface area contributed by atoms with E-state index >= 15 is 0 Å². The average molecular weight is 307 g/mol. The predicted molar refractivity (Wildman–Crippen MR) is 91.0 cm³/mol. The van der Waals surface area contributed by atoms with Gasteiger partial charge in [-0.05, 0) is 25.1 Å². The highest BCUT2D eigenvalue weighted by Crippen LogP contribution is 2.13. The zero-order valence-electron chi connectivity index (χ0n) is 12.8. The lowest BCUT2D eigenvalue weighted by Crippen LogP contribution is -2.46. The molecule has 1 aliphatic heterocycles. The van der Waals surface area contributed by atoms with E-state index in [1.54, 1.807) is 0 Å². The SMILES string of the molecule is CCN1CCN(CCCOc2cccc(C(N)=S)c2)CC1. The lowest BCUT2D eigenvalue weighted by atomic mass is 10.2. The summed E-state index contributed by atoms with van der Waals surface area (Å²) >= 11 is 4.97. The van der Waals surface area contributed by atoms with Gasteiger partial charge in [0.25, 0.3) is 0 Å². The summed E-state index contributed by atoms with van der Waals surface area (Å²) in [4.78, 5) is 5.42. The fourth-order valence-corrected chi connectivity index (χ4v) is 2.67. The fraction of sp³-hybridized carbons (Fsp3) is 0.562. The predicted octanol–water partition coefficient (Wildman–Crippen LogP) is 1.73. The van der Waals surface area contributed by atoms with Gasteiger partial charge in [-0.1, -0.05) is 31.3 Å². The van der Waals surface area contributed by atoms with Gasteiger partial charge < -0.3 is 20.3 Å². The maximum absolute atomic E-state index is 5.78. The summed E-state index contributed by atoms with van der Waals surface area (Å²) in [6.45, 7) is 9.94. The largest absolute Gasteiger partial charge is 0.494 e. The molecule has 0 bridgehead atoms. The van der Waals surface area contributed by atoms with Gasteiger partial charge in [0.05, 0.1) is 6.61 Å². The van der Waals surface area contributed by atoms with Crippen LogP contribution in [0.1, 0.15) is 18.9 Å². The summed E-state index contributed by atoms with van der Waals surface area (Å²) in [5.74, 6) is 0.844. The van der Waals surface area contributed by atoms with E-state index in [0.717, 1.165) is 37.4 Å². The van der Waals surface area contributed by atoms with Crippen molar-refractivity contribution in [1.29, 1.82) is 0 Å². The molecule has 0 saturated carbocycles. The van der Waals surface area contributed by atoms with Gasteiger partial charge in [-0.15, -0.1) is 0 Å². The Morgan fingerprint density at radius 2 is 1.95 bits per heavy atom. The monoisotopic (exact) mass is 307 g/mol. The second-order valence-electron chi connectivity index (χ2n) is 5.37. The first kappa shape index (κ1) is 16.2. The zero-order valence-corrected chi connectivity index (χ0v) is 13.6. The van der Waals surface area contributed by atoms with E-state index < -0.39 is 0 Å². The summed E-state index contributed by atoms with van der Waals surface area (Å²) in [5.41, 5.74) is 6.48. The molecule has 1 aromatic carbocycles. The molecule has 1 saturated heterocycles. The van der Waals surface area contributed by atoms with Gasteiger partial charge in [-0.2, -0.15) is 0 Å². The van der Waals surface area contributed by atoms with Crippen molar-refractivity contribution < 1.29 is 4.74 Å². The van der Waals surface area contributed by atoms with Gasteiger partial charge in [-0.3, -0.25) is 0 Å². The van der Waals surface area contributed by atoms with Crippen LogP contribution in [-0.2, 0) is 0 Å². The molecule has 0 aliphatic carbocycles. The lowest BCUT2D eigenvalue weighted by molar-refractivity contribution is 0.130. The normalized spacial score (nSPS) is 16.8. The van der Waals surface area contributed by atoms with Crippen LogP contribution in [0.25, 0.3) is 0 Å². The second-order valence-corrected chi connectivity index (χ2v) is 5.81. The van der Waals surface area contributed by atoms with E-state index in [1.165, 1.54) is 26.2 Å². The van der Waals surface area contributed by atoms with Crippen molar-refractivity contribution in [1.82, 2.24) is 9.80 Å². The summed E-state index contributed by atoms with van der Waals surface area (Å²) in [5, 5.41) is 0. The van der Waals surface area contributed by atoms with Crippen LogP contribution in [-0.4, -0.2) is 60.7 Å². The first-order valence-corrected chi connectivity index (χ1v) is 8.07. The number of nitrogens with two attached hydrogens (primary N) is 1. The van der Waals surface area contributed by atoms with Crippen molar-refractivity contribution in [2.75, 3.05) is 45.9 Å². The Kier molecular flexibility index (Phi) is 6.42. The van der Waals surface area contributed by atoms with Crippen molar-refractivity contribution in [2.24, 2.45) is 5.73 Å². The third kappa shape index (κ3) is 5.26. The molecule has 116 valence electrons. The van der Waals surface area contributed by atoms with Crippen LogP contribution >= 0.6 is 12.2 Å². The van der Waals surface area contributed by atoms with Gasteiger partial charge in [0.15, 0.2) is 0 Å². The van der Waals surface area contributed by atoms with Crippen LogP contribution in [0.15, 0.2) is 24.3 Å². The molecule has 1 aliphatic rings. The summed E-state index contributed by atoms with van der Waals surface area (Å²) in [7, 11) is 0. The van der Waals surface area contributed by atoms with Crippen molar-refractivity contribution in [3.63, 3.8) is 0 Å². The molecule has 5 heteroatoms. The molecule has 0 amide bonds. The van der Waals surface area contributed by atoms with Crippen LogP contribution in [0.5, 0.6) is 5.75 Å². The quantitative estimate of drug-likeness (QED) is 0.614. The Balaban J connectivity index is 1.66. The summed E-state index contributed by atoms with van der Waals surface area (Å²) < 4.78 is 5.78. The third-order valence-electron chi connectivity index (χ3n) is 3.92. The van der Waals surface area contributed by atoms with Crippen LogP contribution in [0.3, 0.4) is 0 Å². The number of hydrogen-bond donors (Lipinski definition) is 1. The van der Waals surface area contributed by atoms with Crippen molar-refractivity contribution in [3.05, 3.63) is 29.8 Å². The van der Waals surface area contributed by atoms with E-state index in [4.69, 9.17) is 22.7 Å². The van der Waals surface area contributed by atoms with E-state index in [0.29, 0.717) is 4.99 Å². The Hall–Kier alpha value is -1.17. The molecule has 0 unspecified atom stereocenters. The number of piperazine rings is 1. The average Bonchev–Trinajstić information content (AvgIpc) is 2.52. The van der Waals surface area contributed by atoms with E-state index in [2.05, 4.69) is 16.7 Å². The molecule has 2 N–H and O–H groups in total. The Morgan fingerprint density at radius 3 is 2.62 bits per heavy atom. The topological polar surface area (TPSA) is 41.7 Å². The van der Waals surface area contributed by atoms with Crippen molar-refractivity contribution in [3.8, 4) is 5.75 Å². The van der Waals surface area contributed by atoms with Crippen LogP contribution < -0.4 is 10.5 Å². The highest BCUT2D eigenvalue weighted by atomic mass is 32.1. The highest BCUT2D eigenvalue weighted by molar-refractivity contribution is 7.80. The number of thiocarbonyl (C=S) groups is 1. The smallest absolute Gasteiger partial charge is 0.119 e. The third-order valence-corrected chi connectivity index (χ3v) is 4.15. The standard InChI is InChI=1S/C16H25N3OS/c1-2-18-8-10-19(11-9-18)7-4-12-20-15-6-3-5-14(13-15)16(17)21/h3,5-6,13H,2,4,7-12H2,1H3,(H2,17,21). The van der Waals surface area contributed by atoms with E-state index in [1.807, 2.05) is 24.3 Å². The molecular weight excluding hydrogens is 282 g/mol. The number of ether oxygens (including phenoxy) is 1. The van der Waals surface area contributed by atoms with Crippen LogP contribution in [0, 0.1) is 0 Å². The maximum atomic E-state index is 5.78. The molecule has 0 spiro atoms. The Bertz CT molecular complexity index is 459. The molecule has 0 atom stereocenters. The number of rotatable bonds is 7. The highest BCUT2D eigenvalue weighted by Gasteiger charge is 2.14. The number of likely N-dealkylation sites (N-methyl/N-ethyl adjacent to an activating group) is 1. The first-order valence-electron chi connectivity index (χ1n) is 7.66. The van der Waals surface area contributed by atoms with E-state index in [9.17, 15) is 0 Å². The van der Waals surface area contributed by atoms with Crippen LogP contribution in [0.4, 0.5) is 0 Å². The zero-order chi connectivity index (χ0) is 15.1. The Labute approximate surface area is 132 Å². The molecule has 0 aromatic heterocycles. The molecule has 21 heavy (non-hydrogen) atoms. The van der Waals surface area contributed by atoms with Gasteiger partial charge in [-0.25, -0.2) is 0 Å². The minimum Gasteiger partial charge on any atom is -0.494 e. The van der Waals surface area contributed by atoms with Gasteiger partial charge >= 0.3 is 0 Å². The van der Waals surface area contributed by atoms with Gasteiger partial charge in [0.2, 0.25) is 0 Å². The fourth-order valence-electron chi connectivity index (χ4n) is 2.55. The molecule has 4 nitrogen and oxygen atoms in total. The molecular formula is C16H25N3OS. The molecule has 2 rings (SSSR count). The van der Waals surface area contributed by atoms with Gasteiger partial charge in [0.1, 0.15) is 10.7 Å². The number of benzene rings is 1. The number of nitrogens with zero attached hydrogens (tertiary/aromatic N) is 2.